The molecule has 0 heterocycles. The highest BCUT2D eigenvalue weighted by Gasteiger charge is 2.17. The number of benzene rings is 2. The zero-order chi connectivity index (χ0) is 14.4. The zero-order valence-electron chi connectivity index (χ0n) is 10.9. The number of hydrogen-bond acceptors (Lipinski definition) is 2. The van der Waals surface area contributed by atoms with Crippen LogP contribution in [0.25, 0.3) is 0 Å². The van der Waals surface area contributed by atoms with Gasteiger partial charge in [-0.25, -0.2) is 17.5 Å². The summed E-state index contributed by atoms with van der Waals surface area (Å²) in [6.07, 6.45) is 1.44. The van der Waals surface area contributed by atoms with Crippen molar-refractivity contribution in [3.63, 3.8) is 0 Å². The van der Waals surface area contributed by atoms with Gasteiger partial charge in [0.2, 0.25) is 10.0 Å². The molecule has 0 saturated heterocycles. The van der Waals surface area contributed by atoms with Crippen LogP contribution in [0.15, 0.2) is 59.5 Å². The van der Waals surface area contributed by atoms with Crippen LogP contribution in [0.5, 0.6) is 0 Å². The fourth-order valence-electron chi connectivity index (χ4n) is 1.88. The summed E-state index contributed by atoms with van der Waals surface area (Å²) in [6, 6.07) is 15.2. The summed E-state index contributed by atoms with van der Waals surface area (Å²) in [5.74, 6) is -0.733. The summed E-state index contributed by atoms with van der Waals surface area (Å²) in [4.78, 5) is -0.306. The van der Waals surface area contributed by atoms with Gasteiger partial charge in [-0.2, -0.15) is 0 Å². The lowest BCUT2D eigenvalue weighted by molar-refractivity contribution is 0.555. The molecule has 0 aromatic heterocycles. The lowest BCUT2D eigenvalue weighted by Gasteiger charge is -2.07. The molecule has 0 fully saturated rings. The smallest absolute Gasteiger partial charge is 0.211 e. The minimum atomic E-state index is -3.77. The van der Waals surface area contributed by atoms with E-state index < -0.39 is 15.8 Å². The third-order valence-electron chi connectivity index (χ3n) is 2.90. The van der Waals surface area contributed by atoms with Gasteiger partial charge in [0.15, 0.2) is 0 Å². The summed E-state index contributed by atoms with van der Waals surface area (Å²) in [7, 11) is -3.77. The maximum Gasteiger partial charge on any atom is 0.243 e. The number of sulfonamides is 1. The Morgan fingerprint density at radius 3 is 2.30 bits per heavy atom. The molecule has 0 radical (unpaired) electrons. The van der Waals surface area contributed by atoms with Crippen LogP contribution in [0.3, 0.4) is 0 Å². The predicted molar refractivity (Wildman–Crippen MR) is 76.4 cm³/mol. The van der Waals surface area contributed by atoms with Crippen molar-refractivity contribution in [1.29, 1.82) is 0 Å². The molecule has 0 aliphatic rings. The Bertz CT molecular complexity index is 657. The molecule has 0 amide bonds. The van der Waals surface area contributed by atoms with E-state index >= 15 is 0 Å². The van der Waals surface area contributed by atoms with Crippen molar-refractivity contribution >= 4 is 10.0 Å². The molecule has 106 valence electrons. The fourth-order valence-corrected chi connectivity index (χ4v) is 3.04. The number of aryl methyl sites for hydroxylation is 1. The van der Waals surface area contributed by atoms with Gasteiger partial charge >= 0.3 is 0 Å². The largest absolute Gasteiger partial charge is 0.243 e. The van der Waals surface area contributed by atoms with Gasteiger partial charge in [0, 0.05) is 6.54 Å². The Kier molecular flexibility index (Phi) is 4.87. The van der Waals surface area contributed by atoms with Gasteiger partial charge in [-0.15, -0.1) is 0 Å². The monoisotopic (exact) mass is 293 g/mol. The van der Waals surface area contributed by atoms with Crippen LogP contribution in [-0.4, -0.2) is 15.0 Å². The molecule has 5 heteroatoms. The molecule has 2 rings (SSSR count). The first-order valence-electron chi connectivity index (χ1n) is 6.38. The van der Waals surface area contributed by atoms with Crippen molar-refractivity contribution in [2.45, 2.75) is 17.7 Å². The molecular formula is C15H16FNO2S. The average molecular weight is 293 g/mol. The molecule has 0 saturated carbocycles. The van der Waals surface area contributed by atoms with Crippen LogP contribution in [-0.2, 0) is 16.4 Å². The third kappa shape index (κ3) is 3.88. The van der Waals surface area contributed by atoms with Crippen molar-refractivity contribution in [2.24, 2.45) is 0 Å². The second-order valence-electron chi connectivity index (χ2n) is 4.42. The molecular weight excluding hydrogens is 277 g/mol. The Morgan fingerprint density at radius 1 is 0.950 bits per heavy atom. The molecule has 0 unspecified atom stereocenters. The van der Waals surface area contributed by atoms with Gasteiger partial charge in [-0.1, -0.05) is 42.5 Å². The summed E-state index contributed by atoms with van der Waals surface area (Å²) < 4.78 is 39.7. The van der Waals surface area contributed by atoms with E-state index in [0.717, 1.165) is 18.1 Å². The minimum Gasteiger partial charge on any atom is -0.211 e. The Hall–Kier alpha value is -1.72. The molecule has 2 aromatic carbocycles. The lowest BCUT2D eigenvalue weighted by atomic mass is 10.1. The summed E-state index contributed by atoms with van der Waals surface area (Å²) in [5.41, 5.74) is 1.15. The van der Waals surface area contributed by atoms with Crippen molar-refractivity contribution in [2.75, 3.05) is 6.54 Å². The molecule has 0 spiro atoms. The third-order valence-corrected chi connectivity index (χ3v) is 4.40. The van der Waals surface area contributed by atoms with Crippen molar-refractivity contribution in [1.82, 2.24) is 4.72 Å². The molecule has 3 nitrogen and oxygen atoms in total. The van der Waals surface area contributed by atoms with E-state index in [1.165, 1.54) is 18.2 Å². The van der Waals surface area contributed by atoms with E-state index in [-0.39, 0.29) is 11.4 Å². The van der Waals surface area contributed by atoms with Crippen molar-refractivity contribution < 1.29 is 12.8 Å². The predicted octanol–water partition coefficient (Wildman–Crippen LogP) is 2.74. The van der Waals surface area contributed by atoms with E-state index in [4.69, 9.17) is 0 Å². The summed E-state index contributed by atoms with van der Waals surface area (Å²) >= 11 is 0. The highest BCUT2D eigenvalue weighted by molar-refractivity contribution is 7.89. The van der Waals surface area contributed by atoms with E-state index in [1.807, 2.05) is 30.3 Å². The Labute approximate surface area is 118 Å². The normalized spacial score (nSPS) is 11.4. The molecule has 0 bridgehead atoms. The van der Waals surface area contributed by atoms with Gasteiger partial charge < -0.3 is 0 Å². The van der Waals surface area contributed by atoms with E-state index in [0.29, 0.717) is 6.42 Å². The van der Waals surface area contributed by atoms with E-state index in [9.17, 15) is 12.8 Å². The standard InChI is InChI=1S/C15H16FNO2S/c16-14-10-4-5-11-15(14)20(18,19)17-12-6-9-13-7-2-1-3-8-13/h1-5,7-8,10-11,17H,6,9,12H2. The highest BCUT2D eigenvalue weighted by atomic mass is 32.2. The second kappa shape index (κ2) is 6.63. The van der Waals surface area contributed by atoms with E-state index in [2.05, 4.69) is 4.72 Å². The number of halogens is 1. The van der Waals surface area contributed by atoms with Gasteiger partial charge in [0.05, 0.1) is 0 Å². The second-order valence-corrected chi connectivity index (χ2v) is 6.15. The van der Waals surface area contributed by atoms with Gasteiger partial charge in [0.1, 0.15) is 10.7 Å². The minimum absolute atomic E-state index is 0.283. The van der Waals surface area contributed by atoms with Crippen LogP contribution in [0.1, 0.15) is 12.0 Å². The maximum atomic E-state index is 13.4. The van der Waals surface area contributed by atoms with Gasteiger partial charge in [0.25, 0.3) is 0 Å². The molecule has 2 aromatic rings. The zero-order valence-corrected chi connectivity index (χ0v) is 11.7. The fraction of sp³-hybridized carbons (Fsp3) is 0.200. The molecule has 0 aliphatic heterocycles. The van der Waals surface area contributed by atoms with Crippen molar-refractivity contribution in [3.8, 4) is 0 Å². The van der Waals surface area contributed by atoms with Crippen molar-refractivity contribution in [3.05, 3.63) is 66.0 Å². The van der Waals surface area contributed by atoms with Crippen LogP contribution in [0.4, 0.5) is 4.39 Å². The molecule has 1 N–H and O–H groups in total. The van der Waals surface area contributed by atoms with Crippen LogP contribution in [0, 0.1) is 5.82 Å². The maximum absolute atomic E-state index is 13.4. The molecule has 0 atom stereocenters. The van der Waals surface area contributed by atoms with Crippen LogP contribution >= 0.6 is 0 Å². The summed E-state index contributed by atoms with van der Waals surface area (Å²) in [5, 5.41) is 0. The number of rotatable bonds is 6. The average Bonchev–Trinajstić information content (AvgIpc) is 2.45. The van der Waals surface area contributed by atoms with Crippen LogP contribution < -0.4 is 4.72 Å². The highest BCUT2D eigenvalue weighted by Crippen LogP contribution is 2.13. The van der Waals surface area contributed by atoms with E-state index in [1.54, 1.807) is 0 Å². The first kappa shape index (κ1) is 14.7. The van der Waals surface area contributed by atoms with Crippen LogP contribution in [0.2, 0.25) is 0 Å². The lowest BCUT2D eigenvalue weighted by Crippen LogP contribution is -2.26. The number of nitrogens with one attached hydrogen (secondary N) is 1. The SMILES string of the molecule is O=S(=O)(NCCCc1ccccc1)c1ccccc1F. The summed E-state index contributed by atoms with van der Waals surface area (Å²) in [6.45, 7) is 0.283. The molecule has 0 aliphatic carbocycles. The Balaban J connectivity index is 1.89. The quantitative estimate of drug-likeness (QED) is 0.832. The number of hydrogen-bond donors (Lipinski definition) is 1. The van der Waals surface area contributed by atoms with Gasteiger partial charge in [-0.3, -0.25) is 0 Å². The Morgan fingerprint density at radius 2 is 1.60 bits per heavy atom. The molecule has 20 heavy (non-hydrogen) atoms. The first-order chi connectivity index (χ1) is 9.59. The first-order valence-corrected chi connectivity index (χ1v) is 7.86. The van der Waals surface area contributed by atoms with Gasteiger partial charge in [-0.05, 0) is 30.5 Å². The topological polar surface area (TPSA) is 46.2 Å².